The summed E-state index contributed by atoms with van der Waals surface area (Å²) in [6, 6.07) is 3.81. The molecule has 1 unspecified atom stereocenters. The van der Waals surface area contributed by atoms with Crippen LogP contribution in [0.5, 0.6) is 0 Å². The lowest BCUT2D eigenvalue weighted by Gasteiger charge is -2.29. The van der Waals surface area contributed by atoms with Gasteiger partial charge < -0.3 is 14.8 Å². The highest BCUT2D eigenvalue weighted by Gasteiger charge is 2.21. The van der Waals surface area contributed by atoms with E-state index in [0.29, 0.717) is 5.92 Å². The van der Waals surface area contributed by atoms with Crippen LogP contribution in [0.4, 0.5) is 0 Å². The standard InChI is InChI=1S/C14H23N3O/c1-3-17(11-12-6-4-8-15-10-12)14(18)13-7-5-9-16(13)2/h5,7,9,12,15H,3-4,6,8,10-11H2,1-2H3. The Kier molecular flexibility index (Phi) is 4.42. The number of carbonyl (C=O) groups excluding carboxylic acids is 1. The largest absolute Gasteiger partial charge is 0.347 e. The Bertz CT molecular complexity index is 393. The molecular weight excluding hydrogens is 226 g/mol. The molecule has 4 heteroatoms. The molecule has 18 heavy (non-hydrogen) atoms. The Morgan fingerprint density at radius 3 is 3.00 bits per heavy atom. The second-order valence-corrected chi connectivity index (χ2v) is 5.06. The summed E-state index contributed by atoms with van der Waals surface area (Å²) in [7, 11) is 1.92. The molecule has 1 fully saturated rings. The molecule has 2 rings (SSSR count). The van der Waals surface area contributed by atoms with Gasteiger partial charge in [-0.15, -0.1) is 0 Å². The van der Waals surface area contributed by atoms with Gasteiger partial charge in [0.05, 0.1) is 0 Å². The van der Waals surface area contributed by atoms with Crippen molar-refractivity contribution in [2.24, 2.45) is 13.0 Å². The molecule has 1 aliphatic heterocycles. The Morgan fingerprint density at radius 2 is 2.44 bits per heavy atom. The number of nitrogens with one attached hydrogen (secondary N) is 1. The molecule has 0 aromatic carbocycles. The maximum absolute atomic E-state index is 12.4. The van der Waals surface area contributed by atoms with Gasteiger partial charge in [0.1, 0.15) is 5.69 Å². The zero-order valence-corrected chi connectivity index (χ0v) is 11.4. The predicted molar refractivity (Wildman–Crippen MR) is 72.6 cm³/mol. The van der Waals surface area contributed by atoms with Crippen molar-refractivity contribution >= 4 is 5.91 Å². The van der Waals surface area contributed by atoms with E-state index in [2.05, 4.69) is 12.2 Å². The molecule has 1 N–H and O–H groups in total. The van der Waals surface area contributed by atoms with E-state index in [4.69, 9.17) is 0 Å². The van der Waals surface area contributed by atoms with Crippen molar-refractivity contribution in [1.82, 2.24) is 14.8 Å². The maximum Gasteiger partial charge on any atom is 0.270 e. The smallest absolute Gasteiger partial charge is 0.270 e. The van der Waals surface area contributed by atoms with Crippen LogP contribution in [0.2, 0.25) is 0 Å². The van der Waals surface area contributed by atoms with E-state index in [0.717, 1.165) is 31.9 Å². The van der Waals surface area contributed by atoms with Crippen molar-refractivity contribution in [2.45, 2.75) is 19.8 Å². The molecule has 1 aromatic heterocycles. The second-order valence-electron chi connectivity index (χ2n) is 5.06. The Morgan fingerprint density at radius 1 is 1.61 bits per heavy atom. The fourth-order valence-electron chi connectivity index (χ4n) is 2.59. The third kappa shape index (κ3) is 2.93. The van der Waals surface area contributed by atoms with Gasteiger partial charge in [-0.25, -0.2) is 0 Å². The lowest BCUT2D eigenvalue weighted by Crippen LogP contribution is -2.41. The first kappa shape index (κ1) is 13.1. The van der Waals surface area contributed by atoms with Crippen molar-refractivity contribution in [3.63, 3.8) is 0 Å². The summed E-state index contributed by atoms with van der Waals surface area (Å²) in [4.78, 5) is 14.4. The van der Waals surface area contributed by atoms with Crippen LogP contribution in [0, 0.1) is 5.92 Å². The normalized spacial score (nSPS) is 19.8. The summed E-state index contributed by atoms with van der Waals surface area (Å²) in [6.07, 6.45) is 4.37. The average molecular weight is 249 g/mol. The highest BCUT2D eigenvalue weighted by Crippen LogP contribution is 2.14. The molecule has 0 saturated carbocycles. The van der Waals surface area contributed by atoms with E-state index < -0.39 is 0 Å². The molecule has 1 saturated heterocycles. The molecular formula is C14H23N3O. The molecule has 0 radical (unpaired) electrons. The quantitative estimate of drug-likeness (QED) is 0.878. The van der Waals surface area contributed by atoms with Gasteiger partial charge in [-0.3, -0.25) is 4.79 Å². The van der Waals surface area contributed by atoms with Crippen LogP contribution in [0.25, 0.3) is 0 Å². The minimum atomic E-state index is 0.149. The lowest BCUT2D eigenvalue weighted by atomic mass is 9.99. The number of piperidine rings is 1. The zero-order chi connectivity index (χ0) is 13.0. The van der Waals surface area contributed by atoms with E-state index in [1.165, 1.54) is 12.8 Å². The van der Waals surface area contributed by atoms with Crippen molar-refractivity contribution in [2.75, 3.05) is 26.2 Å². The van der Waals surface area contributed by atoms with Crippen molar-refractivity contribution in [3.05, 3.63) is 24.0 Å². The fourth-order valence-corrected chi connectivity index (χ4v) is 2.59. The van der Waals surface area contributed by atoms with Crippen LogP contribution in [0.3, 0.4) is 0 Å². The van der Waals surface area contributed by atoms with Crippen LogP contribution in [-0.2, 0) is 7.05 Å². The van der Waals surface area contributed by atoms with Crippen molar-refractivity contribution in [1.29, 1.82) is 0 Å². The second kappa shape index (κ2) is 6.05. The number of carbonyl (C=O) groups is 1. The highest BCUT2D eigenvalue weighted by atomic mass is 16.2. The van der Waals surface area contributed by atoms with Gasteiger partial charge in [-0.2, -0.15) is 0 Å². The van der Waals surface area contributed by atoms with Crippen LogP contribution in [0.15, 0.2) is 18.3 Å². The highest BCUT2D eigenvalue weighted by molar-refractivity contribution is 5.92. The summed E-state index contributed by atoms with van der Waals surface area (Å²) < 4.78 is 1.89. The van der Waals surface area contributed by atoms with E-state index in [9.17, 15) is 4.79 Å². The molecule has 0 aliphatic carbocycles. The first-order chi connectivity index (χ1) is 8.72. The van der Waals surface area contributed by atoms with Gasteiger partial charge in [-0.05, 0) is 50.9 Å². The van der Waals surface area contributed by atoms with E-state index in [1.54, 1.807) is 0 Å². The van der Waals surface area contributed by atoms with Gasteiger partial charge >= 0.3 is 0 Å². The molecule has 0 bridgehead atoms. The first-order valence-corrected chi connectivity index (χ1v) is 6.83. The summed E-state index contributed by atoms with van der Waals surface area (Å²) in [5, 5.41) is 3.41. The third-order valence-corrected chi connectivity index (χ3v) is 3.71. The summed E-state index contributed by atoms with van der Waals surface area (Å²) in [5.74, 6) is 0.749. The van der Waals surface area contributed by atoms with E-state index in [-0.39, 0.29) is 5.91 Å². The number of nitrogens with zero attached hydrogens (tertiary/aromatic N) is 2. The zero-order valence-electron chi connectivity index (χ0n) is 11.4. The van der Waals surface area contributed by atoms with Gasteiger partial charge in [-0.1, -0.05) is 0 Å². The number of amides is 1. The molecule has 4 nitrogen and oxygen atoms in total. The summed E-state index contributed by atoms with van der Waals surface area (Å²) in [5.41, 5.74) is 0.778. The number of hydrogen-bond acceptors (Lipinski definition) is 2. The minimum Gasteiger partial charge on any atom is -0.347 e. The number of hydrogen-bond donors (Lipinski definition) is 1. The number of rotatable bonds is 4. The first-order valence-electron chi connectivity index (χ1n) is 6.83. The lowest BCUT2D eigenvalue weighted by molar-refractivity contribution is 0.0719. The van der Waals surface area contributed by atoms with E-state index in [1.807, 2.05) is 34.8 Å². The monoisotopic (exact) mass is 249 g/mol. The minimum absolute atomic E-state index is 0.149. The summed E-state index contributed by atoms with van der Waals surface area (Å²) >= 11 is 0. The fraction of sp³-hybridized carbons (Fsp3) is 0.643. The number of aryl methyl sites for hydroxylation is 1. The Hall–Kier alpha value is -1.29. The van der Waals surface area contributed by atoms with Crippen molar-refractivity contribution < 1.29 is 4.79 Å². The van der Waals surface area contributed by atoms with Crippen LogP contribution < -0.4 is 5.32 Å². The van der Waals surface area contributed by atoms with Gasteiger partial charge in [0.25, 0.3) is 5.91 Å². The molecule has 1 amide bonds. The van der Waals surface area contributed by atoms with Gasteiger partial charge in [0.2, 0.25) is 0 Å². The van der Waals surface area contributed by atoms with Gasteiger partial charge in [0, 0.05) is 26.3 Å². The predicted octanol–water partition coefficient (Wildman–Crippen LogP) is 1.49. The Labute approximate surface area is 109 Å². The molecule has 1 aliphatic rings. The molecule has 1 aromatic rings. The molecule has 100 valence electrons. The SMILES string of the molecule is CCN(CC1CCCNC1)C(=O)c1cccn1C. The third-order valence-electron chi connectivity index (χ3n) is 3.71. The van der Waals surface area contributed by atoms with Crippen molar-refractivity contribution in [3.8, 4) is 0 Å². The average Bonchev–Trinajstić information content (AvgIpc) is 2.82. The Balaban J connectivity index is 1.99. The van der Waals surface area contributed by atoms with E-state index >= 15 is 0 Å². The topological polar surface area (TPSA) is 37.3 Å². The molecule has 1 atom stereocenters. The van der Waals surface area contributed by atoms with Crippen LogP contribution >= 0.6 is 0 Å². The molecule has 0 spiro atoms. The number of aromatic nitrogens is 1. The van der Waals surface area contributed by atoms with Gasteiger partial charge in [0.15, 0.2) is 0 Å². The molecule has 2 heterocycles. The maximum atomic E-state index is 12.4. The summed E-state index contributed by atoms with van der Waals surface area (Å²) in [6.45, 7) is 5.86. The van der Waals surface area contributed by atoms with Crippen LogP contribution in [0.1, 0.15) is 30.3 Å². The van der Waals surface area contributed by atoms with Crippen LogP contribution in [-0.4, -0.2) is 41.6 Å².